The molecule has 2 atom stereocenters. The third-order valence-electron chi connectivity index (χ3n) is 7.77. The number of nitrogens with zero attached hydrogens (tertiary/aromatic N) is 1. The summed E-state index contributed by atoms with van der Waals surface area (Å²) >= 11 is 0. The smallest absolute Gasteiger partial charge is 0.132 e. The van der Waals surface area contributed by atoms with Crippen LogP contribution in [0.4, 0.5) is 8.78 Å². The van der Waals surface area contributed by atoms with Crippen molar-refractivity contribution in [2.45, 2.75) is 85.6 Å². The quantitative estimate of drug-likeness (QED) is 0.304. The standard InChI is InChI=1S/C33H47F2N3/c1-7-24(21-36-6)22-37-32(33(3,4)5)31-27(18-16-25-13-9-8-10-14-25)23(2)12-11-15-30(38-31)28-20-26(34)17-19-29(28)35/h7-9,13,17,19-20,23,32,36-37H,10-12,14-16,18,21-22H2,1-6H3/b24-7?,31-27-,38-30?. The van der Waals surface area contributed by atoms with Crippen LogP contribution in [0.15, 0.2) is 69.9 Å². The van der Waals surface area contributed by atoms with Gasteiger partial charge in [0.2, 0.25) is 0 Å². The van der Waals surface area contributed by atoms with Gasteiger partial charge in [-0.15, -0.1) is 0 Å². The first-order chi connectivity index (χ1) is 18.1. The highest BCUT2D eigenvalue weighted by Gasteiger charge is 2.32. The molecule has 1 aromatic rings. The topological polar surface area (TPSA) is 36.4 Å². The molecule has 2 unspecified atom stereocenters. The monoisotopic (exact) mass is 523 g/mol. The van der Waals surface area contributed by atoms with Crippen molar-refractivity contribution in [3.05, 3.63) is 82.1 Å². The summed E-state index contributed by atoms with van der Waals surface area (Å²) in [6.45, 7) is 12.6. The Labute approximate surface area is 229 Å². The summed E-state index contributed by atoms with van der Waals surface area (Å²) in [7, 11) is 1.96. The highest BCUT2D eigenvalue weighted by Crippen LogP contribution is 2.37. The van der Waals surface area contributed by atoms with Crippen LogP contribution in [-0.2, 0) is 0 Å². The van der Waals surface area contributed by atoms with Gasteiger partial charge in [-0.1, -0.05) is 57.6 Å². The number of nitrogens with one attached hydrogen (secondary N) is 2. The lowest BCUT2D eigenvalue weighted by Crippen LogP contribution is -2.44. The molecule has 1 aromatic carbocycles. The number of likely N-dealkylation sites (N-methyl/N-ethyl adjacent to an activating group) is 1. The predicted octanol–water partition coefficient (Wildman–Crippen LogP) is 8.05. The zero-order chi connectivity index (χ0) is 27.7. The fourth-order valence-corrected chi connectivity index (χ4v) is 5.51. The number of aliphatic imine (C=N–C) groups is 1. The summed E-state index contributed by atoms with van der Waals surface area (Å²) in [5.74, 6) is -0.472. The first-order valence-corrected chi connectivity index (χ1v) is 14.3. The molecule has 1 heterocycles. The number of benzene rings is 1. The molecule has 38 heavy (non-hydrogen) atoms. The SMILES string of the molecule is CC=C(CNC)CNC(/C1=C(\CCC2=CC=CCC2)C(C)CCCC(c2cc(F)ccc2F)=N1)C(C)(C)C. The van der Waals surface area contributed by atoms with Crippen LogP contribution < -0.4 is 10.6 Å². The Morgan fingerprint density at radius 2 is 1.95 bits per heavy atom. The van der Waals surface area contributed by atoms with Crippen LogP contribution in [-0.4, -0.2) is 31.9 Å². The molecule has 3 rings (SSSR count). The molecule has 0 bridgehead atoms. The predicted molar refractivity (Wildman–Crippen MR) is 158 cm³/mol. The number of allylic oxidation sites excluding steroid dienone is 6. The summed E-state index contributed by atoms with van der Waals surface area (Å²) < 4.78 is 29.2. The maximum atomic E-state index is 15.0. The van der Waals surface area contributed by atoms with Crippen molar-refractivity contribution in [1.29, 1.82) is 0 Å². The van der Waals surface area contributed by atoms with E-state index in [9.17, 15) is 8.78 Å². The fourth-order valence-electron chi connectivity index (χ4n) is 5.51. The van der Waals surface area contributed by atoms with E-state index in [1.54, 1.807) is 0 Å². The fraction of sp³-hybridized carbons (Fsp3) is 0.545. The Hall–Kier alpha value is -2.37. The third-order valence-corrected chi connectivity index (χ3v) is 7.77. The van der Waals surface area contributed by atoms with Gasteiger partial charge in [-0.2, -0.15) is 0 Å². The van der Waals surface area contributed by atoms with Crippen LogP contribution in [0, 0.1) is 23.0 Å². The van der Waals surface area contributed by atoms with Crippen molar-refractivity contribution in [2.24, 2.45) is 16.3 Å². The first kappa shape index (κ1) is 30.2. The number of rotatable bonds is 10. The van der Waals surface area contributed by atoms with E-state index in [2.05, 4.69) is 69.6 Å². The maximum Gasteiger partial charge on any atom is 0.132 e. The van der Waals surface area contributed by atoms with E-state index in [1.807, 2.05) is 7.05 Å². The molecule has 2 aliphatic rings. The summed E-state index contributed by atoms with van der Waals surface area (Å²) in [4.78, 5) is 5.28. The lowest BCUT2D eigenvalue weighted by molar-refractivity contribution is 0.300. The molecule has 0 spiro atoms. The largest absolute Gasteiger partial charge is 0.316 e. The molecule has 0 aromatic heterocycles. The molecule has 1 aliphatic heterocycles. The average Bonchev–Trinajstić information content (AvgIpc) is 2.87. The number of halogens is 2. The molecule has 1 aliphatic carbocycles. The zero-order valence-corrected chi connectivity index (χ0v) is 24.3. The van der Waals surface area contributed by atoms with Gasteiger partial charge in [0.05, 0.1) is 17.5 Å². The highest BCUT2D eigenvalue weighted by molar-refractivity contribution is 6.01. The van der Waals surface area contributed by atoms with Crippen molar-refractivity contribution >= 4 is 5.71 Å². The molecule has 0 saturated carbocycles. The van der Waals surface area contributed by atoms with E-state index in [1.165, 1.54) is 34.9 Å². The van der Waals surface area contributed by atoms with E-state index >= 15 is 0 Å². The van der Waals surface area contributed by atoms with Gasteiger partial charge in [-0.05, 0) is 99.6 Å². The lowest BCUT2D eigenvalue weighted by atomic mass is 9.78. The Kier molecular flexibility index (Phi) is 11.2. The molecular formula is C33H47F2N3. The van der Waals surface area contributed by atoms with E-state index in [0.29, 0.717) is 18.1 Å². The molecule has 2 N–H and O–H groups in total. The Morgan fingerprint density at radius 1 is 1.16 bits per heavy atom. The van der Waals surface area contributed by atoms with Crippen LogP contribution in [0.5, 0.6) is 0 Å². The summed E-state index contributed by atoms with van der Waals surface area (Å²) in [6.07, 6.45) is 15.5. The molecule has 208 valence electrons. The minimum Gasteiger partial charge on any atom is -0.316 e. The van der Waals surface area contributed by atoms with Crippen LogP contribution in [0.25, 0.3) is 0 Å². The first-order valence-electron chi connectivity index (χ1n) is 14.3. The molecule has 3 nitrogen and oxygen atoms in total. The van der Waals surface area contributed by atoms with Gasteiger partial charge >= 0.3 is 0 Å². The van der Waals surface area contributed by atoms with Crippen LogP contribution >= 0.6 is 0 Å². The molecule has 5 heteroatoms. The van der Waals surface area contributed by atoms with E-state index in [4.69, 9.17) is 4.99 Å². The van der Waals surface area contributed by atoms with Crippen molar-refractivity contribution in [1.82, 2.24) is 10.6 Å². The van der Waals surface area contributed by atoms with E-state index in [0.717, 1.165) is 57.3 Å². The minimum absolute atomic E-state index is 0.0447. The van der Waals surface area contributed by atoms with Gasteiger partial charge in [0.1, 0.15) is 11.6 Å². The van der Waals surface area contributed by atoms with Crippen molar-refractivity contribution in [3.63, 3.8) is 0 Å². The number of hydrogen-bond donors (Lipinski definition) is 2. The van der Waals surface area contributed by atoms with Crippen LogP contribution in [0.3, 0.4) is 0 Å². The van der Waals surface area contributed by atoms with Gasteiger partial charge < -0.3 is 10.6 Å². The Morgan fingerprint density at radius 3 is 2.61 bits per heavy atom. The van der Waals surface area contributed by atoms with Crippen LogP contribution in [0.1, 0.15) is 85.1 Å². The van der Waals surface area contributed by atoms with Gasteiger partial charge in [-0.3, -0.25) is 4.99 Å². The Bertz CT molecular complexity index is 1100. The molecule has 0 fully saturated rings. The minimum atomic E-state index is -0.433. The number of hydrogen-bond acceptors (Lipinski definition) is 3. The summed E-state index contributed by atoms with van der Waals surface area (Å²) in [6, 6.07) is 3.66. The van der Waals surface area contributed by atoms with Crippen LogP contribution in [0.2, 0.25) is 0 Å². The second kappa shape index (κ2) is 14.1. The molecule has 0 saturated heterocycles. The zero-order valence-electron chi connectivity index (χ0n) is 24.3. The second-order valence-electron chi connectivity index (χ2n) is 11.8. The van der Waals surface area contributed by atoms with Gasteiger partial charge in [0.15, 0.2) is 0 Å². The average molecular weight is 524 g/mol. The normalized spacial score (nSPS) is 22.0. The molecule has 0 radical (unpaired) electrons. The van der Waals surface area contributed by atoms with E-state index < -0.39 is 11.6 Å². The summed E-state index contributed by atoms with van der Waals surface area (Å²) in [5.41, 5.74) is 5.90. The maximum absolute atomic E-state index is 15.0. The Balaban J connectivity index is 2.14. The molecular weight excluding hydrogens is 476 g/mol. The van der Waals surface area contributed by atoms with Gasteiger partial charge in [0, 0.05) is 18.7 Å². The summed E-state index contributed by atoms with van der Waals surface area (Å²) in [5, 5.41) is 7.09. The third kappa shape index (κ3) is 8.31. The van der Waals surface area contributed by atoms with Crippen molar-refractivity contribution in [2.75, 3.05) is 20.1 Å². The van der Waals surface area contributed by atoms with Crippen molar-refractivity contribution in [3.8, 4) is 0 Å². The van der Waals surface area contributed by atoms with Crippen molar-refractivity contribution < 1.29 is 8.78 Å². The second-order valence-corrected chi connectivity index (χ2v) is 11.8. The van der Waals surface area contributed by atoms with E-state index in [-0.39, 0.29) is 17.0 Å². The molecule has 0 amide bonds. The lowest BCUT2D eigenvalue weighted by Gasteiger charge is -2.36. The highest BCUT2D eigenvalue weighted by atomic mass is 19.1. The van der Waals surface area contributed by atoms with Gasteiger partial charge in [-0.25, -0.2) is 8.78 Å². The van der Waals surface area contributed by atoms with Gasteiger partial charge in [0.25, 0.3) is 0 Å².